The number of carbonyl (C=O) groups excluding carboxylic acids is 2. The molecule has 0 aliphatic carbocycles. The predicted octanol–water partition coefficient (Wildman–Crippen LogP) is 5.46. The molecule has 0 saturated heterocycles. The van der Waals surface area contributed by atoms with Crippen LogP contribution in [0.3, 0.4) is 0 Å². The first-order chi connectivity index (χ1) is 18.0. The first kappa shape index (κ1) is 24.8. The smallest absolute Gasteiger partial charge is 0.235 e. The summed E-state index contributed by atoms with van der Waals surface area (Å²) in [6.45, 7) is 6.22. The van der Waals surface area contributed by atoms with Crippen LogP contribution in [0.25, 0.3) is 11.0 Å². The fraction of sp³-hybridized carbons (Fsp3) is 0.323. The molecule has 2 heterocycles. The molecule has 1 aliphatic rings. The second-order valence-corrected chi connectivity index (χ2v) is 10.2. The Morgan fingerprint density at radius 3 is 2.51 bits per heavy atom. The Balaban J connectivity index is 1.33. The van der Waals surface area contributed by atoms with Gasteiger partial charge < -0.3 is 14.8 Å². The number of nitrogens with one attached hydrogen (secondary N) is 1. The molecule has 0 bridgehead atoms. The highest BCUT2D eigenvalue weighted by Gasteiger charge is 2.38. The number of aryl methyl sites for hydroxylation is 1. The van der Waals surface area contributed by atoms with E-state index in [1.54, 1.807) is 0 Å². The lowest BCUT2D eigenvalue weighted by Crippen LogP contribution is -2.33. The van der Waals surface area contributed by atoms with Crippen molar-refractivity contribution in [2.75, 3.05) is 11.4 Å². The average Bonchev–Trinajstić information content (AvgIpc) is 3.38. The number of anilines is 1. The number of fused-ring (bicyclic) bond motifs is 2. The number of hydrogen-bond donors (Lipinski definition) is 1. The largest absolute Gasteiger partial charge is 0.356 e. The average molecular weight is 495 g/mol. The molecule has 1 N–H and O–H groups in total. The van der Waals surface area contributed by atoms with Crippen LogP contribution < -0.4 is 10.2 Å². The summed E-state index contributed by atoms with van der Waals surface area (Å²) >= 11 is 0. The molecule has 190 valence electrons. The second-order valence-electron chi connectivity index (χ2n) is 10.2. The maximum Gasteiger partial charge on any atom is 0.235 e. The highest BCUT2D eigenvalue weighted by Crippen LogP contribution is 2.40. The Kier molecular flexibility index (Phi) is 7.35. The molecular formula is C31H34N4O2. The van der Waals surface area contributed by atoms with Gasteiger partial charge in [0.15, 0.2) is 0 Å². The van der Waals surface area contributed by atoms with Crippen LogP contribution in [0.1, 0.15) is 49.6 Å². The van der Waals surface area contributed by atoms with Crippen LogP contribution in [0.5, 0.6) is 0 Å². The quantitative estimate of drug-likeness (QED) is 0.318. The summed E-state index contributed by atoms with van der Waals surface area (Å²) in [5.74, 6) is 0.810. The Morgan fingerprint density at radius 1 is 0.973 bits per heavy atom. The summed E-state index contributed by atoms with van der Waals surface area (Å²) in [5, 5.41) is 3.00. The fourth-order valence-electron chi connectivity index (χ4n) is 5.10. The van der Waals surface area contributed by atoms with Crippen molar-refractivity contribution in [1.82, 2.24) is 14.9 Å². The zero-order valence-corrected chi connectivity index (χ0v) is 21.6. The van der Waals surface area contributed by atoms with E-state index in [0.29, 0.717) is 19.0 Å². The molecule has 37 heavy (non-hydrogen) atoms. The van der Waals surface area contributed by atoms with Gasteiger partial charge in [0.05, 0.1) is 23.5 Å². The van der Waals surface area contributed by atoms with E-state index in [0.717, 1.165) is 47.5 Å². The molecule has 1 aliphatic heterocycles. The number of para-hydroxylation sites is 3. The Hall–Kier alpha value is -3.93. The monoisotopic (exact) mass is 494 g/mol. The SMILES string of the molecule is CC(C)CCn1c(CN2C(=O)C(CC(=O)NCCc3ccccc3)c3ccccc32)nc2ccccc21. The number of imidazole rings is 1. The summed E-state index contributed by atoms with van der Waals surface area (Å²) in [6, 6.07) is 26.0. The lowest BCUT2D eigenvalue weighted by atomic mass is 9.97. The van der Waals surface area contributed by atoms with Crippen LogP contribution in [0.4, 0.5) is 5.69 Å². The van der Waals surface area contributed by atoms with Crippen LogP contribution in [0.15, 0.2) is 78.9 Å². The van der Waals surface area contributed by atoms with Crippen LogP contribution in [-0.4, -0.2) is 27.9 Å². The molecule has 2 amide bonds. The summed E-state index contributed by atoms with van der Waals surface area (Å²) in [4.78, 5) is 33.2. The van der Waals surface area contributed by atoms with Gasteiger partial charge in [-0.2, -0.15) is 0 Å². The van der Waals surface area contributed by atoms with Crippen molar-refractivity contribution in [2.24, 2.45) is 5.92 Å². The molecule has 1 unspecified atom stereocenters. The van der Waals surface area contributed by atoms with Crippen LogP contribution in [0, 0.1) is 5.92 Å². The normalized spacial score (nSPS) is 14.9. The maximum atomic E-state index is 13.7. The number of carbonyl (C=O) groups is 2. The summed E-state index contributed by atoms with van der Waals surface area (Å²) in [7, 11) is 0. The lowest BCUT2D eigenvalue weighted by Gasteiger charge is -2.19. The third-order valence-electron chi connectivity index (χ3n) is 7.10. The minimum atomic E-state index is -0.485. The number of hydrogen-bond acceptors (Lipinski definition) is 3. The summed E-state index contributed by atoms with van der Waals surface area (Å²) < 4.78 is 2.24. The zero-order valence-electron chi connectivity index (χ0n) is 21.6. The molecule has 1 aromatic heterocycles. The minimum absolute atomic E-state index is 0.0399. The van der Waals surface area contributed by atoms with E-state index in [4.69, 9.17) is 4.98 Å². The van der Waals surface area contributed by atoms with Crippen molar-refractivity contribution in [1.29, 1.82) is 0 Å². The Labute approximate surface area is 218 Å². The predicted molar refractivity (Wildman–Crippen MR) is 147 cm³/mol. The summed E-state index contributed by atoms with van der Waals surface area (Å²) in [5.41, 5.74) is 4.99. The molecular weight excluding hydrogens is 460 g/mol. The maximum absolute atomic E-state index is 13.7. The molecule has 0 spiro atoms. The van der Waals surface area contributed by atoms with Gasteiger partial charge >= 0.3 is 0 Å². The number of nitrogens with zero attached hydrogens (tertiary/aromatic N) is 3. The third kappa shape index (κ3) is 5.43. The van der Waals surface area contributed by atoms with Gasteiger partial charge in [0.2, 0.25) is 11.8 Å². The molecule has 1 atom stereocenters. The van der Waals surface area contributed by atoms with Gasteiger partial charge in [0.1, 0.15) is 5.82 Å². The van der Waals surface area contributed by atoms with Gasteiger partial charge in [0.25, 0.3) is 0 Å². The number of benzene rings is 3. The van der Waals surface area contributed by atoms with Crippen molar-refractivity contribution in [2.45, 2.75) is 52.1 Å². The van der Waals surface area contributed by atoms with Gasteiger partial charge in [-0.25, -0.2) is 4.98 Å². The van der Waals surface area contributed by atoms with E-state index in [2.05, 4.69) is 41.9 Å². The van der Waals surface area contributed by atoms with Crippen molar-refractivity contribution < 1.29 is 9.59 Å². The molecule has 0 saturated carbocycles. The van der Waals surface area contributed by atoms with Gasteiger partial charge in [-0.05, 0) is 48.1 Å². The fourth-order valence-corrected chi connectivity index (χ4v) is 5.10. The van der Waals surface area contributed by atoms with Gasteiger partial charge in [-0.1, -0.05) is 74.5 Å². The van der Waals surface area contributed by atoms with E-state index < -0.39 is 5.92 Å². The molecule has 0 fully saturated rings. The van der Waals surface area contributed by atoms with Gasteiger partial charge in [0, 0.05) is 25.2 Å². The standard InChI is InChI=1S/C31H34N4O2/c1-22(2)17-19-34-28-15-9-7-13-26(28)33-29(34)21-35-27-14-8-6-12-24(27)25(31(35)37)20-30(36)32-18-16-23-10-4-3-5-11-23/h3-15,22,25H,16-21H2,1-2H3,(H,32,36). The van der Waals surface area contributed by atoms with E-state index >= 15 is 0 Å². The lowest BCUT2D eigenvalue weighted by molar-refractivity contribution is -0.126. The Bertz CT molecular complexity index is 1390. The number of rotatable bonds is 10. The first-order valence-corrected chi connectivity index (χ1v) is 13.2. The van der Waals surface area contributed by atoms with Crippen molar-refractivity contribution in [3.8, 4) is 0 Å². The van der Waals surface area contributed by atoms with Gasteiger partial charge in [-0.3, -0.25) is 9.59 Å². The third-order valence-corrected chi connectivity index (χ3v) is 7.10. The zero-order chi connectivity index (χ0) is 25.8. The highest BCUT2D eigenvalue weighted by molar-refractivity contribution is 6.06. The summed E-state index contributed by atoms with van der Waals surface area (Å²) in [6.07, 6.45) is 1.94. The van der Waals surface area contributed by atoms with Gasteiger partial charge in [-0.15, -0.1) is 0 Å². The first-order valence-electron chi connectivity index (χ1n) is 13.2. The molecule has 5 rings (SSSR count). The van der Waals surface area contributed by atoms with E-state index in [1.807, 2.05) is 65.6 Å². The molecule has 4 aromatic rings. The van der Waals surface area contributed by atoms with Crippen molar-refractivity contribution in [3.05, 3.63) is 95.8 Å². The molecule has 3 aromatic carbocycles. The second kappa shape index (κ2) is 11.0. The minimum Gasteiger partial charge on any atom is -0.356 e. The van der Waals surface area contributed by atoms with Crippen LogP contribution in [0.2, 0.25) is 0 Å². The molecule has 0 radical (unpaired) electrons. The van der Waals surface area contributed by atoms with Crippen LogP contribution in [-0.2, 0) is 29.1 Å². The highest BCUT2D eigenvalue weighted by atomic mass is 16.2. The Morgan fingerprint density at radius 2 is 1.70 bits per heavy atom. The van der Waals surface area contributed by atoms with E-state index in [-0.39, 0.29) is 18.2 Å². The van der Waals surface area contributed by atoms with Crippen LogP contribution >= 0.6 is 0 Å². The van der Waals surface area contributed by atoms with E-state index in [9.17, 15) is 9.59 Å². The van der Waals surface area contributed by atoms with Crippen molar-refractivity contribution in [3.63, 3.8) is 0 Å². The number of aromatic nitrogens is 2. The number of amides is 2. The van der Waals surface area contributed by atoms with Crippen molar-refractivity contribution >= 4 is 28.5 Å². The molecule has 6 nitrogen and oxygen atoms in total. The van der Waals surface area contributed by atoms with E-state index in [1.165, 1.54) is 5.56 Å². The topological polar surface area (TPSA) is 67.2 Å². The molecule has 6 heteroatoms.